The average molecular weight is 283 g/mol. The van der Waals surface area contributed by atoms with Crippen LogP contribution in [0.5, 0.6) is 0 Å². The summed E-state index contributed by atoms with van der Waals surface area (Å²) in [5, 5.41) is 3.28. The molecule has 2 rings (SSSR count). The van der Waals surface area contributed by atoms with Gasteiger partial charge in [-0.15, -0.1) is 0 Å². The molecule has 1 atom stereocenters. The van der Waals surface area contributed by atoms with Gasteiger partial charge in [-0.05, 0) is 36.1 Å². The predicted octanol–water partition coefficient (Wildman–Crippen LogP) is 2.97. The van der Waals surface area contributed by atoms with Crippen LogP contribution in [0.2, 0.25) is 0 Å². The zero-order valence-corrected chi connectivity index (χ0v) is 12.2. The zero-order chi connectivity index (χ0) is 15.2. The molecule has 0 aliphatic carbocycles. The largest absolute Gasteiger partial charge is 0.397 e. The second kappa shape index (κ2) is 6.79. The highest BCUT2D eigenvalue weighted by molar-refractivity contribution is 5.94. The molecular weight excluding hydrogens is 262 g/mol. The number of nitrogen functional groups attached to an aromatic ring is 1. The average Bonchev–Trinajstić information content (AvgIpc) is 2.49. The SMILES string of the molecule is CC(CCNc1cc(C(N)=O)ccc1N)c1ccccc1. The number of amides is 1. The lowest BCUT2D eigenvalue weighted by molar-refractivity contribution is 0.100. The van der Waals surface area contributed by atoms with Gasteiger partial charge in [-0.3, -0.25) is 4.79 Å². The second-order valence-corrected chi connectivity index (χ2v) is 5.19. The van der Waals surface area contributed by atoms with E-state index in [1.165, 1.54) is 5.56 Å². The number of hydrogen-bond donors (Lipinski definition) is 3. The number of rotatable bonds is 6. The molecule has 0 bridgehead atoms. The lowest BCUT2D eigenvalue weighted by atomic mass is 9.98. The van der Waals surface area contributed by atoms with Crippen LogP contribution in [-0.2, 0) is 0 Å². The molecule has 0 aliphatic heterocycles. The third kappa shape index (κ3) is 3.99. The number of hydrogen-bond acceptors (Lipinski definition) is 3. The molecule has 4 heteroatoms. The maximum atomic E-state index is 11.2. The van der Waals surface area contributed by atoms with E-state index in [2.05, 4.69) is 24.4 Å². The molecule has 1 unspecified atom stereocenters. The van der Waals surface area contributed by atoms with Crippen molar-refractivity contribution < 1.29 is 4.79 Å². The Kier molecular flexibility index (Phi) is 4.82. The van der Waals surface area contributed by atoms with Gasteiger partial charge in [0.05, 0.1) is 11.4 Å². The van der Waals surface area contributed by atoms with Crippen LogP contribution in [0.3, 0.4) is 0 Å². The minimum atomic E-state index is -0.448. The second-order valence-electron chi connectivity index (χ2n) is 5.19. The summed E-state index contributed by atoms with van der Waals surface area (Å²) in [6.45, 7) is 2.97. The molecule has 2 aromatic carbocycles. The maximum Gasteiger partial charge on any atom is 0.248 e. The first-order valence-electron chi connectivity index (χ1n) is 7.06. The van der Waals surface area contributed by atoms with Crippen molar-refractivity contribution in [3.63, 3.8) is 0 Å². The third-order valence-corrected chi connectivity index (χ3v) is 3.60. The van der Waals surface area contributed by atoms with E-state index < -0.39 is 5.91 Å². The molecule has 0 aliphatic rings. The monoisotopic (exact) mass is 283 g/mol. The number of nitrogens with one attached hydrogen (secondary N) is 1. The minimum absolute atomic E-state index is 0.448. The normalized spacial score (nSPS) is 11.9. The first kappa shape index (κ1) is 14.9. The predicted molar refractivity (Wildman–Crippen MR) is 87.3 cm³/mol. The van der Waals surface area contributed by atoms with Crippen molar-refractivity contribution in [3.05, 3.63) is 59.7 Å². The van der Waals surface area contributed by atoms with Crippen LogP contribution in [0, 0.1) is 0 Å². The Hall–Kier alpha value is -2.49. The summed E-state index contributed by atoms with van der Waals surface area (Å²) < 4.78 is 0. The minimum Gasteiger partial charge on any atom is -0.397 e. The van der Waals surface area contributed by atoms with E-state index in [1.807, 2.05) is 18.2 Å². The number of anilines is 2. The van der Waals surface area contributed by atoms with E-state index >= 15 is 0 Å². The smallest absolute Gasteiger partial charge is 0.248 e. The molecule has 0 radical (unpaired) electrons. The summed E-state index contributed by atoms with van der Waals surface area (Å²) in [7, 11) is 0. The van der Waals surface area contributed by atoms with Gasteiger partial charge in [-0.25, -0.2) is 0 Å². The van der Waals surface area contributed by atoms with E-state index in [4.69, 9.17) is 11.5 Å². The Bertz CT molecular complexity index is 611. The summed E-state index contributed by atoms with van der Waals surface area (Å²) in [5.74, 6) is 0.00921. The van der Waals surface area contributed by atoms with Crippen molar-refractivity contribution in [2.24, 2.45) is 5.73 Å². The molecule has 0 fully saturated rings. The summed E-state index contributed by atoms with van der Waals surface area (Å²) in [6, 6.07) is 15.4. The zero-order valence-electron chi connectivity index (χ0n) is 12.2. The van der Waals surface area contributed by atoms with E-state index in [9.17, 15) is 4.79 Å². The molecular formula is C17H21N3O. The van der Waals surface area contributed by atoms with E-state index in [1.54, 1.807) is 18.2 Å². The van der Waals surface area contributed by atoms with Crippen molar-refractivity contribution in [3.8, 4) is 0 Å². The molecule has 110 valence electrons. The van der Waals surface area contributed by atoms with Crippen molar-refractivity contribution >= 4 is 17.3 Å². The number of carbonyl (C=O) groups excluding carboxylic acids is 1. The molecule has 21 heavy (non-hydrogen) atoms. The van der Waals surface area contributed by atoms with E-state index in [0.717, 1.165) is 18.7 Å². The molecule has 0 heterocycles. The van der Waals surface area contributed by atoms with Gasteiger partial charge in [0, 0.05) is 12.1 Å². The topological polar surface area (TPSA) is 81.1 Å². The summed E-state index contributed by atoms with van der Waals surface area (Å²) in [4.78, 5) is 11.2. The van der Waals surface area contributed by atoms with Crippen LogP contribution in [0.25, 0.3) is 0 Å². The fraction of sp³-hybridized carbons (Fsp3) is 0.235. The third-order valence-electron chi connectivity index (χ3n) is 3.60. The van der Waals surface area contributed by atoms with Gasteiger partial charge in [0.2, 0.25) is 5.91 Å². The Morgan fingerprint density at radius 3 is 2.57 bits per heavy atom. The summed E-state index contributed by atoms with van der Waals surface area (Å²) in [6.07, 6.45) is 0.976. The number of nitrogens with two attached hydrogens (primary N) is 2. The summed E-state index contributed by atoms with van der Waals surface area (Å²) >= 11 is 0. The highest BCUT2D eigenvalue weighted by Gasteiger charge is 2.07. The molecule has 0 aromatic heterocycles. The van der Waals surface area contributed by atoms with Crippen molar-refractivity contribution in [2.45, 2.75) is 19.3 Å². The standard InChI is InChI=1S/C17H21N3O/c1-12(13-5-3-2-4-6-13)9-10-20-16-11-14(17(19)21)7-8-15(16)18/h2-8,11-12,20H,9-10,18H2,1H3,(H2,19,21). The first-order chi connectivity index (χ1) is 10.1. The van der Waals surface area contributed by atoms with Gasteiger partial charge in [0.1, 0.15) is 0 Å². The molecule has 0 saturated carbocycles. The van der Waals surface area contributed by atoms with E-state index in [0.29, 0.717) is 17.2 Å². The number of primary amides is 1. The van der Waals surface area contributed by atoms with Gasteiger partial charge >= 0.3 is 0 Å². The Balaban J connectivity index is 1.94. The molecule has 5 N–H and O–H groups in total. The van der Waals surface area contributed by atoms with Gasteiger partial charge in [0.25, 0.3) is 0 Å². The fourth-order valence-corrected chi connectivity index (χ4v) is 2.23. The quantitative estimate of drug-likeness (QED) is 0.713. The van der Waals surface area contributed by atoms with Gasteiger partial charge < -0.3 is 16.8 Å². The highest BCUT2D eigenvalue weighted by atomic mass is 16.1. The molecule has 4 nitrogen and oxygen atoms in total. The molecule has 0 saturated heterocycles. The van der Waals surface area contributed by atoms with Crippen LogP contribution in [-0.4, -0.2) is 12.5 Å². The molecule has 2 aromatic rings. The van der Waals surface area contributed by atoms with E-state index in [-0.39, 0.29) is 0 Å². The van der Waals surface area contributed by atoms with Gasteiger partial charge in [-0.2, -0.15) is 0 Å². The van der Waals surface area contributed by atoms with Crippen LogP contribution in [0.4, 0.5) is 11.4 Å². The van der Waals surface area contributed by atoms with Gasteiger partial charge in [0.15, 0.2) is 0 Å². The maximum absolute atomic E-state index is 11.2. The van der Waals surface area contributed by atoms with Crippen LogP contribution in [0.15, 0.2) is 48.5 Å². The Morgan fingerprint density at radius 1 is 1.19 bits per heavy atom. The lowest BCUT2D eigenvalue weighted by Crippen LogP contribution is -2.13. The van der Waals surface area contributed by atoms with Crippen molar-refractivity contribution in [2.75, 3.05) is 17.6 Å². The number of benzene rings is 2. The highest BCUT2D eigenvalue weighted by Crippen LogP contribution is 2.22. The van der Waals surface area contributed by atoms with Gasteiger partial charge in [-0.1, -0.05) is 37.3 Å². The Morgan fingerprint density at radius 2 is 1.90 bits per heavy atom. The lowest BCUT2D eigenvalue weighted by Gasteiger charge is -2.14. The van der Waals surface area contributed by atoms with Crippen molar-refractivity contribution in [1.82, 2.24) is 0 Å². The summed E-state index contributed by atoms with van der Waals surface area (Å²) in [5.41, 5.74) is 14.3. The van der Waals surface area contributed by atoms with Crippen LogP contribution >= 0.6 is 0 Å². The van der Waals surface area contributed by atoms with Crippen molar-refractivity contribution in [1.29, 1.82) is 0 Å². The molecule has 0 spiro atoms. The Labute approximate surface area is 125 Å². The van der Waals surface area contributed by atoms with Crippen LogP contribution < -0.4 is 16.8 Å². The first-order valence-corrected chi connectivity index (χ1v) is 7.06. The fourth-order valence-electron chi connectivity index (χ4n) is 2.23. The number of carbonyl (C=O) groups is 1. The van der Waals surface area contributed by atoms with Crippen LogP contribution in [0.1, 0.15) is 35.2 Å². The molecule has 1 amide bonds.